The van der Waals surface area contributed by atoms with Crippen LogP contribution in [0, 0.1) is 0 Å². The first-order valence-electron chi connectivity index (χ1n) is 14.1. The van der Waals surface area contributed by atoms with Gasteiger partial charge in [-0.1, -0.05) is 65.5 Å². The molecule has 1 aliphatic heterocycles. The van der Waals surface area contributed by atoms with Crippen molar-refractivity contribution in [3.63, 3.8) is 0 Å². The van der Waals surface area contributed by atoms with E-state index >= 15 is 0 Å². The van der Waals surface area contributed by atoms with E-state index in [-0.39, 0.29) is 24.2 Å². The van der Waals surface area contributed by atoms with Crippen molar-refractivity contribution in [3.05, 3.63) is 69.8 Å². The molecule has 11 nitrogen and oxygen atoms in total. The molecule has 0 unspecified atom stereocenters. The van der Waals surface area contributed by atoms with Gasteiger partial charge in [0.2, 0.25) is 16.2 Å². The normalized spacial score (nSPS) is 20.2. The molecule has 1 saturated carbocycles. The van der Waals surface area contributed by atoms with Crippen LogP contribution in [0.15, 0.2) is 48.5 Å². The Morgan fingerprint density at radius 1 is 0.977 bits per heavy atom. The molecule has 4 heterocycles. The summed E-state index contributed by atoms with van der Waals surface area (Å²) in [6.45, 7) is 2.15. The topological polar surface area (TPSA) is 146 Å². The number of amides is 2. The summed E-state index contributed by atoms with van der Waals surface area (Å²) in [5.74, 6) is 0.194. The lowest BCUT2D eigenvalue weighted by Crippen LogP contribution is -2.57. The van der Waals surface area contributed by atoms with E-state index < -0.39 is 17.7 Å². The standard InChI is InChI=1S/C29H31FN8O3S2/c1-29(30)15-38(16-29)21-12-6-11-20(31-21)14-22(39)32-27-36-34-25(42-27)18-9-5-10-19(13-18)26-35-37-28(43-26)33-24(41)23(40)17-7-3-2-4-8-17/h2-4,6-8,11-12,18-19,23,40H,5,9-10,13-16H2,1H3,(H,32,36,39)(H,33,37,41)/t18-,19-,23+/m0/s1. The highest BCUT2D eigenvalue weighted by Gasteiger charge is 2.39. The second kappa shape index (κ2) is 12.4. The highest BCUT2D eigenvalue weighted by atomic mass is 32.1. The number of anilines is 3. The van der Waals surface area contributed by atoms with Crippen LogP contribution < -0.4 is 15.5 Å². The molecule has 2 amide bonds. The SMILES string of the molecule is CC1(F)CN(c2cccc(CC(=O)Nc3nnc([C@H]4CCC[C@H](c5nnc(NC(=O)[C@H](O)c6ccccc6)s5)C4)s3)n2)C1. The van der Waals surface area contributed by atoms with Crippen molar-refractivity contribution in [2.24, 2.45) is 0 Å². The average molecular weight is 623 g/mol. The number of aliphatic hydroxyl groups excluding tert-OH is 1. The Balaban J connectivity index is 1.02. The lowest BCUT2D eigenvalue weighted by Gasteiger charge is -2.43. The third-order valence-electron chi connectivity index (χ3n) is 7.59. The fourth-order valence-electron chi connectivity index (χ4n) is 5.48. The van der Waals surface area contributed by atoms with E-state index in [4.69, 9.17) is 0 Å². The van der Waals surface area contributed by atoms with Gasteiger partial charge in [0.1, 0.15) is 21.5 Å². The minimum Gasteiger partial charge on any atom is -0.378 e. The highest BCUT2D eigenvalue weighted by molar-refractivity contribution is 7.15. The summed E-state index contributed by atoms with van der Waals surface area (Å²) in [6.07, 6.45) is 2.47. The zero-order chi connectivity index (χ0) is 30.0. The van der Waals surface area contributed by atoms with E-state index in [0.29, 0.717) is 40.4 Å². The van der Waals surface area contributed by atoms with Crippen LogP contribution in [0.1, 0.15) is 71.8 Å². The Morgan fingerprint density at radius 2 is 1.63 bits per heavy atom. The number of nitrogens with one attached hydrogen (secondary N) is 2. The first-order valence-corrected chi connectivity index (χ1v) is 15.8. The Morgan fingerprint density at radius 3 is 2.28 bits per heavy atom. The number of hydrogen-bond acceptors (Lipinski definition) is 11. The molecule has 2 aliphatic rings. The Labute approximate surface area is 255 Å². The van der Waals surface area contributed by atoms with Gasteiger partial charge in [-0.2, -0.15) is 0 Å². The second-order valence-corrected chi connectivity index (χ2v) is 13.3. The van der Waals surface area contributed by atoms with Crippen LogP contribution in [-0.4, -0.2) is 61.1 Å². The molecule has 43 heavy (non-hydrogen) atoms. The van der Waals surface area contributed by atoms with Crippen molar-refractivity contribution in [1.29, 1.82) is 0 Å². The molecule has 3 aromatic heterocycles. The number of aromatic nitrogens is 5. The molecule has 1 saturated heterocycles. The molecule has 3 N–H and O–H groups in total. The zero-order valence-electron chi connectivity index (χ0n) is 23.4. The van der Waals surface area contributed by atoms with E-state index in [0.717, 1.165) is 35.7 Å². The Bertz CT molecular complexity index is 1590. The quantitative estimate of drug-likeness (QED) is 0.243. The maximum atomic E-state index is 13.9. The summed E-state index contributed by atoms with van der Waals surface area (Å²) in [4.78, 5) is 31.6. The minimum absolute atomic E-state index is 0.0767. The number of carbonyl (C=O) groups is 2. The van der Waals surface area contributed by atoms with Gasteiger partial charge in [0.05, 0.1) is 25.2 Å². The summed E-state index contributed by atoms with van der Waals surface area (Å²) < 4.78 is 13.9. The molecular weight excluding hydrogens is 592 g/mol. The molecule has 1 aromatic carbocycles. The summed E-state index contributed by atoms with van der Waals surface area (Å²) in [7, 11) is 0. The predicted octanol–water partition coefficient (Wildman–Crippen LogP) is 4.63. The fraction of sp³-hybridized carbons (Fsp3) is 0.414. The largest absolute Gasteiger partial charge is 0.378 e. The van der Waals surface area contributed by atoms with Gasteiger partial charge in [0.25, 0.3) is 5.91 Å². The van der Waals surface area contributed by atoms with E-state index in [1.807, 2.05) is 23.1 Å². The number of aliphatic hydroxyl groups is 1. The van der Waals surface area contributed by atoms with Crippen LogP contribution in [0.5, 0.6) is 0 Å². The van der Waals surface area contributed by atoms with Crippen molar-refractivity contribution >= 4 is 50.6 Å². The summed E-state index contributed by atoms with van der Waals surface area (Å²) in [5.41, 5.74) is -0.0923. The van der Waals surface area contributed by atoms with Crippen LogP contribution in [-0.2, 0) is 16.0 Å². The van der Waals surface area contributed by atoms with Gasteiger partial charge in [0, 0.05) is 11.8 Å². The predicted molar refractivity (Wildman–Crippen MR) is 162 cm³/mol. The lowest BCUT2D eigenvalue weighted by molar-refractivity contribution is -0.124. The molecule has 0 bridgehead atoms. The van der Waals surface area contributed by atoms with Gasteiger partial charge >= 0.3 is 0 Å². The van der Waals surface area contributed by atoms with Crippen LogP contribution in [0.25, 0.3) is 0 Å². The van der Waals surface area contributed by atoms with Gasteiger partial charge < -0.3 is 15.3 Å². The number of alkyl halides is 1. The van der Waals surface area contributed by atoms with Crippen molar-refractivity contribution in [1.82, 2.24) is 25.4 Å². The van der Waals surface area contributed by atoms with Crippen molar-refractivity contribution < 1.29 is 19.1 Å². The number of nitrogens with zero attached hydrogens (tertiary/aromatic N) is 6. The zero-order valence-corrected chi connectivity index (χ0v) is 25.1. The molecule has 3 atom stereocenters. The Kier molecular flexibility index (Phi) is 8.41. The fourth-order valence-corrected chi connectivity index (χ4v) is 7.28. The number of carbonyl (C=O) groups excluding carboxylic acids is 2. The smallest absolute Gasteiger partial charge is 0.259 e. The number of pyridine rings is 1. The molecule has 224 valence electrons. The van der Waals surface area contributed by atoms with Gasteiger partial charge in [-0.25, -0.2) is 9.37 Å². The van der Waals surface area contributed by atoms with Crippen LogP contribution in [0.2, 0.25) is 0 Å². The minimum atomic E-state index is -1.29. The maximum absolute atomic E-state index is 13.9. The molecule has 0 radical (unpaired) electrons. The molecule has 6 rings (SSSR count). The van der Waals surface area contributed by atoms with Gasteiger partial charge in [-0.15, -0.1) is 20.4 Å². The second-order valence-electron chi connectivity index (χ2n) is 11.2. The van der Waals surface area contributed by atoms with Gasteiger partial charge in [0.15, 0.2) is 6.10 Å². The van der Waals surface area contributed by atoms with Crippen LogP contribution >= 0.6 is 22.7 Å². The van der Waals surface area contributed by atoms with Gasteiger partial charge in [-0.05, 0) is 43.9 Å². The number of halogens is 1. The molecule has 4 aromatic rings. The van der Waals surface area contributed by atoms with Crippen molar-refractivity contribution in [3.8, 4) is 0 Å². The van der Waals surface area contributed by atoms with Gasteiger partial charge in [-0.3, -0.25) is 14.9 Å². The average Bonchev–Trinajstić information content (AvgIpc) is 3.66. The molecule has 14 heteroatoms. The van der Waals surface area contributed by atoms with Crippen LogP contribution in [0.3, 0.4) is 0 Å². The van der Waals surface area contributed by atoms with Crippen LogP contribution in [0.4, 0.5) is 20.5 Å². The number of hydrogen-bond donors (Lipinski definition) is 3. The molecular formula is C29H31FN8O3S2. The molecule has 1 aliphatic carbocycles. The summed E-state index contributed by atoms with van der Waals surface area (Å²) >= 11 is 2.69. The highest BCUT2D eigenvalue weighted by Crippen LogP contribution is 2.43. The summed E-state index contributed by atoms with van der Waals surface area (Å²) in [5, 5.41) is 35.4. The van der Waals surface area contributed by atoms with E-state index in [1.54, 1.807) is 37.3 Å². The van der Waals surface area contributed by atoms with Crippen molar-refractivity contribution in [2.75, 3.05) is 28.6 Å². The third-order valence-corrected chi connectivity index (χ3v) is 9.60. The first-order chi connectivity index (χ1) is 20.7. The van der Waals surface area contributed by atoms with E-state index in [1.165, 1.54) is 22.7 Å². The Hall–Kier alpha value is -3.88. The lowest BCUT2D eigenvalue weighted by atomic mass is 9.82. The number of rotatable bonds is 9. The summed E-state index contributed by atoms with van der Waals surface area (Å²) in [6, 6.07) is 14.2. The third kappa shape index (κ3) is 7.03. The van der Waals surface area contributed by atoms with Crippen molar-refractivity contribution in [2.45, 2.75) is 62.6 Å². The number of benzene rings is 1. The van der Waals surface area contributed by atoms with E-state index in [2.05, 4.69) is 36.0 Å². The monoisotopic (exact) mass is 622 g/mol. The maximum Gasteiger partial charge on any atom is 0.259 e. The van der Waals surface area contributed by atoms with E-state index in [9.17, 15) is 19.1 Å². The molecule has 0 spiro atoms. The molecule has 2 fully saturated rings. The first kappa shape index (κ1) is 29.2.